The number of aryl methyl sites for hydroxylation is 1. The zero-order valence-electron chi connectivity index (χ0n) is 17.0. The minimum Gasteiger partial charge on any atom is -0.276 e. The average Bonchev–Trinajstić information content (AvgIpc) is 3.00. The molecule has 4 rings (SSSR count). The molecule has 10 nitrogen and oxygen atoms in total. The van der Waals surface area contributed by atoms with Gasteiger partial charge in [-0.1, -0.05) is 29.8 Å². The number of rotatable bonds is 6. The van der Waals surface area contributed by atoms with Crippen LogP contribution in [0.1, 0.15) is 38.3 Å². The molecule has 32 heavy (non-hydrogen) atoms. The largest absolute Gasteiger partial charge is 0.343 e. The Labute approximate surface area is 183 Å². The summed E-state index contributed by atoms with van der Waals surface area (Å²) in [6.07, 6.45) is 0.00250. The maximum Gasteiger partial charge on any atom is 0.343 e. The van der Waals surface area contributed by atoms with Crippen molar-refractivity contribution >= 4 is 33.9 Å². The molecule has 5 amide bonds. The summed E-state index contributed by atoms with van der Waals surface area (Å²) in [5.74, 6) is -1.90. The predicted molar refractivity (Wildman–Crippen MR) is 110 cm³/mol. The molecule has 0 saturated carbocycles. The highest BCUT2D eigenvalue weighted by atomic mass is 32.2. The van der Waals surface area contributed by atoms with E-state index in [1.165, 1.54) is 18.2 Å². The lowest BCUT2D eigenvalue weighted by atomic mass is 10.0. The number of carbonyl (C=O) groups excluding carboxylic acids is 4. The smallest absolute Gasteiger partial charge is 0.276 e. The molecule has 0 aromatic heterocycles. The van der Waals surface area contributed by atoms with Crippen LogP contribution in [-0.4, -0.2) is 55.3 Å². The fourth-order valence-electron chi connectivity index (χ4n) is 3.55. The van der Waals surface area contributed by atoms with Gasteiger partial charge in [-0.05, 0) is 37.1 Å². The van der Waals surface area contributed by atoms with Crippen LogP contribution in [0, 0.1) is 6.92 Å². The molecule has 11 heteroatoms. The van der Waals surface area contributed by atoms with Crippen molar-refractivity contribution in [1.82, 2.24) is 15.3 Å². The van der Waals surface area contributed by atoms with E-state index in [1.54, 1.807) is 24.3 Å². The van der Waals surface area contributed by atoms with Crippen LogP contribution in [0.5, 0.6) is 0 Å². The first-order valence-corrected chi connectivity index (χ1v) is 11.2. The lowest BCUT2D eigenvalue weighted by Crippen LogP contribution is -2.58. The van der Waals surface area contributed by atoms with E-state index in [4.69, 9.17) is 4.18 Å². The van der Waals surface area contributed by atoms with Crippen molar-refractivity contribution < 1.29 is 31.8 Å². The Morgan fingerprint density at radius 2 is 1.72 bits per heavy atom. The van der Waals surface area contributed by atoms with Gasteiger partial charge in [-0.3, -0.25) is 23.9 Å². The number of nitrogens with zero attached hydrogens (tertiary/aromatic N) is 2. The van der Waals surface area contributed by atoms with Gasteiger partial charge in [-0.25, -0.2) is 9.80 Å². The van der Waals surface area contributed by atoms with Crippen LogP contribution in [0.15, 0.2) is 47.4 Å². The van der Waals surface area contributed by atoms with Crippen LogP contribution >= 0.6 is 0 Å². The second-order valence-corrected chi connectivity index (χ2v) is 8.94. The van der Waals surface area contributed by atoms with Crippen LogP contribution in [-0.2, 0) is 25.5 Å². The number of nitrogens with one attached hydrogen (secondary N) is 1. The molecule has 0 spiro atoms. The maximum atomic E-state index is 13.0. The highest BCUT2D eigenvalue weighted by Crippen LogP contribution is 2.28. The van der Waals surface area contributed by atoms with Crippen molar-refractivity contribution in [3.63, 3.8) is 0 Å². The van der Waals surface area contributed by atoms with E-state index in [9.17, 15) is 27.6 Å². The summed E-state index contributed by atoms with van der Waals surface area (Å²) in [4.78, 5) is 49.3. The molecule has 2 heterocycles. The van der Waals surface area contributed by atoms with Crippen molar-refractivity contribution in [3.8, 4) is 0 Å². The molecule has 0 aliphatic carbocycles. The predicted octanol–water partition coefficient (Wildman–Crippen LogP) is 1.40. The van der Waals surface area contributed by atoms with Gasteiger partial charge in [-0.2, -0.15) is 13.4 Å². The Balaban J connectivity index is 1.51. The average molecular weight is 457 g/mol. The zero-order valence-corrected chi connectivity index (χ0v) is 17.8. The van der Waals surface area contributed by atoms with E-state index in [-0.39, 0.29) is 42.0 Å². The van der Waals surface area contributed by atoms with Gasteiger partial charge in [-0.15, -0.1) is 0 Å². The van der Waals surface area contributed by atoms with Gasteiger partial charge in [0.25, 0.3) is 21.9 Å². The number of hydrogen-bond acceptors (Lipinski definition) is 7. The first kappa shape index (κ1) is 21.7. The molecule has 2 aliphatic heterocycles. The third kappa shape index (κ3) is 3.87. The van der Waals surface area contributed by atoms with Crippen LogP contribution in [0.2, 0.25) is 0 Å². The number of amides is 5. The molecular weight excluding hydrogens is 438 g/mol. The standard InChI is InChI=1S/C21H19N3O7S/c1-13-5-7-15(8-6-13)32(29,30)31-12-10-14-3-2-4-16-18(14)20(27)24(19(16)26)23-11-9-17(25)22-21(23)28/h2-8H,9-12H2,1H3,(H,22,25,28). The second kappa shape index (κ2) is 8.17. The summed E-state index contributed by atoms with van der Waals surface area (Å²) in [5, 5.41) is 3.68. The SMILES string of the molecule is Cc1ccc(S(=O)(=O)OCCc2cccc3c2C(=O)N(N2CCC(=O)NC2=O)C3=O)cc1. The lowest BCUT2D eigenvalue weighted by molar-refractivity contribution is -0.122. The molecule has 0 radical (unpaired) electrons. The molecule has 0 unspecified atom stereocenters. The zero-order chi connectivity index (χ0) is 23.0. The Hall–Kier alpha value is -3.57. The molecule has 2 aromatic carbocycles. The summed E-state index contributed by atoms with van der Waals surface area (Å²) < 4.78 is 29.9. The number of hydrazine groups is 1. The van der Waals surface area contributed by atoms with Gasteiger partial charge in [0, 0.05) is 6.42 Å². The van der Waals surface area contributed by atoms with Crippen molar-refractivity contribution in [1.29, 1.82) is 0 Å². The molecule has 2 aromatic rings. The Bertz CT molecular complexity index is 1240. The summed E-state index contributed by atoms with van der Waals surface area (Å²) in [6, 6.07) is 9.96. The van der Waals surface area contributed by atoms with E-state index in [0.717, 1.165) is 10.6 Å². The fourth-order valence-corrected chi connectivity index (χ4v) is 4.46. The van der Waals surface area contributed by atoms with Crippen LogP contribution in [0.4, 0.5) is 4.79 Å². The van der Waals surface area contributed by atoms with Crippen LogP contribution < -0.4 is 5.32 Å². The van der Waals surface area contributed by atoms with Crippen molar-refractivity contribution in [2.24, 2.45) is 0 Å². The number of urea groups is 1. The van der Waals surface area contributed by atoms with E-state index in [2.05, 4.69) is 5.32 Å². The summed E-state index contributed by atoms with van der Waals surface area (Å²) in [7, 11) is -3.98. The third-order valence-electron chi connectivity index (χ3n) is 5.17. The van der Waals surface area contributed by atoms with E-state index >= 15 is 0 Å². The molecule has 1 saturated heterocycles. The van der Waals surface area contributed by atoms with Gasteiger partial charge < -0.3 is 0 Å². The van der Waals surface area contributed by atoms with Crippen LogP contribution in [0.3, 0.4) is 0 Å². The van der Waals surface area contributed by atoms with Gasteiger partial charge in [0.2, 0.25) is 5.91 Å². The summed E-state index contributed by atoms with van der Waals surface area (Å²) >= 11 is 0. The minimum atomic E-state index is -3.98. The van der Waals surface area contributed by atoms with Crippen molar-refractivity contribution in [2.75, 3.05) is 13.2 Å². The number of imide groups is 2. The second-order valence-electron chi connectivity index (χ2n) is 7.33. The Morgan fingerprint density at radius 1 is 1.00 bits per heavy atom. The van der Waals surface area contributed by atoms with Gasteiger partial charge in [0.1, 0.15) is 0 Å². The van der Waals surface area contributed by atoms with Crippen LogP contribution in [0.25, 0.3) is 0 Å². The van der Waals surface area contributed by atoms with Gasteiger partial charge >= 0.3 is 6.03 Å². The maximum absolute atomic E-state index is 13.0. The first-order valence-electron chi connectivity index (χ1n) is 9.77. The van der Waals surface area contributed by atoms with E-state index in [0.29, 0.717) is 10.6 Å². The third-order valence-corrected chi connectivity index (χ3v) is 6.50. The number of hydrogen-bond donors (Lipinski definition) is 1. The number of benzene rings is 2. The minimum absolute atomic E-state index is 0.0180. The quantitative estimate of drug-likeness (QED) is 0.512. The normalized spacial score (nSPS) is 16.4. The van der Waals surface area contributed by atoms with E-state index in [1.807, 2.05) is 6.92 Å². The fraction of sp³-hybridized carbons (Fsp3) is 0.238. The van der Waals surface area contributed by atoms with Gasteiger partial charge in [0.15, 0.2) is 0 Å². The summed E-state index contributed by atoms with van der Waals surface area (Å²) in [6.45, 7) is 1.48. The molecule has 0 bridgehead atoms. The molecule has 1 N–H and O–H groups in total. The molecule has 0 atom stereocenters. The van der Waals surface area contributed by atoms with Gasteiger partial charge in [0.05, 0.1) is 29.2 Å². The van der Waals surface area contributed by atoms with E-state index < -0.39 is 33.9 Å². The molecular formula is C21H19N3O7S. The number of carbonyl (C=O) groups is 4. The molecule has 1 fully saturated rings. The highest BCUT2D eigenvalue weighted by Gasteiger charge is 2.44. The lowest BCUT2D eigenvalue weighted by Gasteiger charge is -2.32. The van der Waals surface area contributed by atoms with Crippen molar-refractivity contribution in [2.45, 2.75) is 24.7 Å². The highest BCUT2D eigenvalue weighted by molar-refractivity contribution is 7.86. The molecule has 2 aliphatic rings. The first-order chi connectivity index (χ1) is 15.2. The Kier molecular flexibility index (Phi) is 5.53. The number of fused-ring (bicyclic) bond motifs is 1. The summed E-state index contributed by atoms with van der Waals surface area (Å²) in [5.41, 5.74) is 1.50. The Morgan fingerprint density at radius 3 is 2.41 bits per heavy atom. The molecule has 166 valence electrons. The topological polar surface area (TPSA) is 130 Å². The van der Waals surface area contributed by atoms with Crippen molar-refractivity contribution in [3.05, 3.63) is 64.7 Å². The monoisotopic (exact) mass is 457 g/mol.